The van der Waals surface area contributed by atoms with Gasteiger partial charge >= 0.3 is 0 Å². The summed E-state index contributed by atoms with van der Waals surface area (Å²) in [7, 11) is 1.57. The highest BCUT2D eigenvalue weighted by Crippen LogP contribution is 2.22. The number of ether oxygens (including phenoxy) is 2. The smallest absolute Gasteiger partial charge is 0.265 e. The highest BCUT2D eigenvalue weighted by atomic mass is 16.5. The van der Waals surface area contributed by atoms with Gasteiger partial charge in [0.1, 0.15) is 11.5 Å². The van der Waals surface area contributed by atoms with Crippen molar-refractivity contribution in [2.45, 2.75) is 45.8 Å². The van der Waals surface area contributed by atoms with Crippen LogP contribution in [0.5, 0.6) is 11.5 Å². The van der Waals surface area contributed by atoms with Gasteiger partial charge in [0.2, 0.25) is 0 Å². The van der Waals surface area contributed by atoms with Crippen LogP contribution in [0, 0.1) is 0 Å². The Morgan fingerprint density at radius 3 is 2.36 bits per heavy atom. The second-order valence-electron chi connectivity index (χ2n) is 7.43. The largest absolute Gasteiger partial charge is 0.497 e. The van der Waals surface area contributed by atoms with E-state index in [0.29, 0.717) is 29.2 Å². The second-order valence-corrected chi connectivity index (χ2v) is 7.43. The summed E-state index contributed by atoms with van der Waals surface area (Å²) in [5, 5.41) is 5.73. The molecular weight excluding hydrogens is 356 g/mol. The third kappa shape index (κ3) is 6.01. The molecule has 0 heterocycles. The molecular formula is C22H28N2O4. The van der Waals surface area contributed by atoms with Crippen LogP contribution >= 0.6 is 0 Å². The molecule has 0 saturated heterocycles. The van der Waals surface area contributed by atoms with Gasteiger partial charge in [0, 0.05) is 11.6 Å². The summed E-state index contributed by atoms with van der Waals surface area (Å²) in [5.41, 5.74) is 0.472. The number of amides is 2. The summed E-state index contributed by atoms with van der Waals surface area (Å²) in [6.07, 6.45) is -0.231. The minimum absolute atomic E-state index is 0.245. The first-order valence-corrected chi connectivity index (χ1v) is 9.26. The maximum Gasteiger partial charge on any atom is 0.265 e. The van der Waals surface area contributed by atoms with E-state index in [2.05, 4.69) is 10.6 Å². The SMILES string of the molecule is CC[C@@H](Oc1cccc(OC)c1)C(=O)Nc1ccccc1C(=O)NC(C)(C)C. The van der Waals surface area contributed by atoms with Gasteiger partial charge in [-0.25, -0.2) is 0 Å². The van der Waals surface area contributed by atoms with Crippen LogP contribution in [0.2, 0.25) is 0 Å². The van der Waals surface area contributed by atoms with Crippen molar-refractivity contribution in [2.24, 2.45) is 0 Å². The third-order valence-electron chi connectivity index (χ3n) is 3.90. The first-order valence-electron chi connectivity index (χ1n) is 9.26. The molecule has 0 radical (unpaired) electrons. The molecule has 0 spiro atoms. The van der Waals surface area contributed by atoms with E-state index < -0.39 is 6.10 Å². The lowest BCUT2D eigenvalue weighted by atomic mass is 10.1. The van der Waals surface area contributed by atoms with Crippen LogP contribution in [0.1, 0.15) is 44.5 Å². The monoisotopic (exact) mass is 384 g/mol. The Morgan fingerprint density at radius 1 is 1.04 bits per heavy atom. The van der Waals surface area contributed by atoms with Gasteiger partial charge in [0.05, 0.1) is 18.4 Å². The summed E-state index contributed by atoms with van der Waals surface area (Å²) in [6, 6.07) is 14.0. The minimum Gasteiger partial charge on any atom is -0.497 e. The summed E-state index contributed by atoms with van der Waals surface area (Å²) in [4.78, 5) is 25.3. The van der Waals surface area contributed by atoms with Gasteiger partial charge in [-0.15, -0.1) is 0 Å². The van der Waals surface area contributed by atoms with E-state index in [0.717, 1.165) is 0 Å². The molecule has 1 atom stereocenters. The van der Waals surface area contributed by atoms with E-state index in [1.807, 2.05) is 27.7 Å². The fourth-order valence-corrected chi connectivity index (χ4v) is 2.57. The van der Waals surface area contributed by atoms with Crippen LogP contribution in [0.15, 0.2) is 48.5 Å². The summed E-state index contributed by atoms with van der Waals surface area (Å²) in [5.74, 6) is 0.628. The van der Waals surface area contributed by atoms with Crippen molar-refractivity contribution in [3.05, 3.63) is 54.1 Å². The maximum atomic E-state index is 12.8. The summed E-state index contributed by atoms with van der Waals surface area (Å²) < 4.78 is 11.0. The summed E-state index contributed by atoms with van der Waals surface area (Å²) >= 11 is 0. The molecule has 0 bridgehead atoms. The van der Waals surface area contributed by atoms with Crippen LogP contribution in [0.4, 0.5) is 5.69 Å². The average molecular weight is 384 g/mol. The number of rotatable bonds is 7. The number of hydrogen-bond donors (Lipinski definition) is 2. The van der Waals surface area contributed by atoms with Gasteiger partial charge in [-0.05, 0) is 51.5 Å². The Kier molecular flexibility index (Phi) is 7.04. The number of methoxy groups -OCH3 is 1. The number of benzene rings is 2. The van der Waals surface area contributed by atoms with E-state index >= 15 is 0 Å². The Labute approximate surface area is 166 Å². The first kappa shape index (κ1) is 21.3. The molecule has 2 rings (SSSR count). The number of hydrogen-bond acceptors (Lipinski definition) is 4. The quantitative estimate of drug-likeness (QED) is 0.756. The van der Waals surface area contributed by atoms with Crippen LogP contribution in [0.25, 0.3) is 0 Å². The van der Waals surface area contributed by atoms with Crippen molar-refractivity contribution >= 4 is 17.5 Å². The number of anilines is 1. The first-order chi connectivity index (χ1) is 13.2. The lowest BCUT2D eigenvalue weighted by Crippen LogP contribution is -2.41. The average Bonchev–Trinajstić information content (AvgIpc) is 2.65. The molecule has 2 N–H and O–H groups in total. The van der Waals surface area contributed by atoms with E-state index in [4.69, 9.17) is 9.47 Å². The molecule has 0 aliphatic heterocycles. The van der Waals surface area contributed by atoms with E-state index in [9.17, 15) is 9.59 Å². The van der Waals surface area contributed by atoms with Crippen molar-refractivity contribution in [2.75, 3.05) is 12.4 Å². The molecule has 2 aromatic rings. The molecule has 6 heteroatoms. The molecule has 6 nitrogen and oxygen atoms in total. The molecule has 2 amide bonds. The van der Waals surface area contributed by atoms with E-state index in [-0.39, 0.29) is 17.4 Å². The number of nitrogens with one attached hydrogen (secondary N) is 2. The molecule has 0 fully saturated rings. The zero-order valence-corrected chi connectivity index (χ0v) is 17.0. The number of carbonyl (C=O) groups excluding carboxylic acids is 2. The van der Waals surface area contributed by atoms with Crippen molar-refractivity contribution < 1.29 is 19.1 Å². The number of para-hydroxylation sites is 1. The van der Waals surface area contributed by atoms with Gasteiger partial charge in [0.15, 0.2) is 6.10 Å². The Hall–Kier alpha value is -3.02. The highest BCUT2D eigenvalue weighted by molar-refractivity contribution is 6.04. The van der Waals surface area contributed by atoms with Gasteiger partial charge in [-0.1, -0.05) is 25.1 Å². The van der Waals surface area contributed by atoms with Crippen LogP contribution < -0.4 is 20.1 Å². The maximum absolute atomic E-state index is 12.8. The third-order valence-corrected chi connectivity index (χ3v) is 3.90. The molecule has 0 aromatic heterocycles. The molecule has 150 valence electrons. The summed E-state index contributed by atoms with van der Waals surface area (Å²) in [6.45, 7) is 7.58. The minimum atomic E-state index is -0.703. The molecule has 0 saturated carbocycles. The zero-order valence-electron chi connectivity index (χ0n) is 17.0. The number of carbonyl (C=O) groups is 2. The Bertz CT molecular complexity index is 827. The fraction of sp³-hybridized carbons (Fsp3) is 0.364. The lowest BCUT2D eigenvalue weighted by molar-refractivity contribution is -0.122. The second kappa shape index (κ2) is 9.26. The van der Waals surface area contributed by atoms with Crippen molar-refractivity contribution in [3.63, 3.8) is 0 Å². The lowest BCUT2D eigenvalue weighted by Gasteiger charge is -2.22. The van der Waals surface area contributed by atoms with E-state index in [1.165, 1.54) is 0 Å². The van der Waals surface area contributed by atoms with Gasteiger partial charge in [0.25, 0.3) is 11.8 Å². The standard InChI is InChI=1S/C22H28N2O4/c1-6-19(28-16-11-9-10-15(14-16)27-5)21(26)23-18-13-8-7-12-17(18)20(25)24-22(2,3)4/h7-14,19H,6H2,1-5H3,(H,23,26)(H,24,25)/t19-/m1/s1. The molecule has 2 aromatic carbocycles. The van der Waals surface area contributed by atoms with Gasteiger partial charge in [-0.3, -0.25) is 9.59 Å². The van der Waals surface area contributed by atoms with Gasteiger partial charge < -0.3 is 20.1 Å². The topological polar surface area (TPSA) is 76.7 Å². The fourth-order valence-electron chi connectivity index (χ4n) is 2.57. The van der Waals surface area contributed by atoms with Crippen molar-refractivity contribution in [1.29, 1.82) is 0 Å². The van der Waals surface area contributed by atoms with Crippen LogP contribution in [0.3, 0.4) is 0 Å². The molecule has 0 aliphatic carbocycles. The predicted octanol–water partition coefficient (Wildman–Crippen LogP) is 4.02. The Morgan fingerprint density at radius 2 is 1.71 bits per heavy atom. The molecule has 0 aliphatic rings. The normalized spacial score (nSPS) is 12.0. The predicted molar refractivity (Wildman–Crippen MR) is 110 cm³/mol. The van der Waals surface area contributed by atoms with E-state index in [1.54, 1.807) is 55.6 Å². The van der Waals surface area contributed by atoms with Crippen LogP contribution in [-0.4, -0.2) is 30.6 Å². The molecule has 0 unspecified atom stereocenters. The highest BCUT2D eigenvalue weighted by Gasteiger charge is 2.22. The Balaban J connectivity index is 2.15. The van der Waals surface area contributed by atoms with Gasteiger partial charge in [-0.2, -0.15) is 0 Å². The van der Waals surface area contributed by atoms with Crippen molar-refractivity contribution in [1.82, 2.24) is 5.32 Å². The zero-order chi connectivity index (χ0) is 20.7. The molecule has 28 heavy (non-hydrogen) atoms. The van der Waals surface area contributed by atoms with Crippen molar-refractivity contribution in [3.8, 4) is 11.5 Å². The van der Waals surface area contributed by atoms with Crippen LogP contribution in [-0.2, 0) is 4.79 Å².